The average Bonchev–Trinajstić information content (AvgIpc) is 2.10. The number of hydrogen-bond donors (Lipinski definition) is 1. The lowest BCUT2D eigenvalue weighted by Gasteiger charge is -2.06. The van der Waals surface area contributed by atoms with Gasteiger partial charge >= 0.3 is 0 Å². The summed E-state index contributed by atoms with van der Waals surface area (Å²) in [5, 5.41) is 9.22. The molecule has 4 heteroatoms. The maximum absolute atomic E-state index is 12.6. The summed E-state index contributed by atoms with van der Waals surface area (Å²) in [6.07, 6.45) is -0.663. The van der Waals surface area contributed by atoms with Gasteiger partial charge in [0.1, 0.15) is 6.29 Å². The highest BCUT2D eigenvalue weighted by molar-refractivity contribution is 5.51. The molecule has 0 bridgehead atoms. The Balaban J connectivity index is 2.89. The van der Waals surface area contributed by atoms with Gasteiger partial charge in [0.25, 0.3) is 0 Å². The first-order valence-corrected chi connectivity index (χ1v) is 3.72. The normalized spacial score (nSPS) is 12.5. The van der Waals surface area contributed by atoms with Crippen molar-refractivity contribution in [2.24, 2.45) is 0 Å². The van der Waals surface area contributed by atoms with Crippen molar-refractivity contribution in [3.63, 3.8) is 0 Å². The molecule has 1 unspecified atom stereocenters. The third kappa shape index (κ3) is 2.32. The minimum atomic E-state index is -1.06. The van der Waals surface area contributed by atoms with Gasteiger partial charge in [-0.1, -0.05) is 6.07 Å². The fraction of sp³-hybridized carbons (Fsp3) is 0.222. The van der Waals surface area contributed by atoms with Crippen LogP contribution in [0.5, 0.6) is 0 Å². The third-order valence-corrected chi connectivity index (χ3v) is 1.65. The van der Waals surface area contributed by atoms with Crippen LogP contribution in [-0.4, -0.2) is 11.4 Å². The van der Waals surface area contributed by atoms with Gasteiger partial charge in [-0.15, -0.1) is 0 Å². The molecule has 1 rings (SSSR count). The zero-order chi connectivity index (χ0) is 9.84. The van der Waals surface area contributed by atoms with E-state index < -0.39 is 17.7 Å². The second kappa shape index (κ2) is 4.09. The van der Waals surface area contributed by atoms with Crippen molar-refractivity contribution < 1.29 is 18.7 Å². The first kappa shape index (κ1) is 9.80. The van der Waals surface area contributed by atoms with Crippen molar-refractivity contribution in [3.05, 3.63) is 35.4 Å². The highest BCUT2D eigenvalue weighted by atomic mass is 19.2. The smallest absolute Gasteiger partial charge is 0.159 e. The molecule has 1 aromatic carbocycles. The molecule has 0 saturated carbocycles. The van der Waals surface area contributed by atoms with Crippen molar-refractivity contribution in [2.75, 3.05) is 0 Å². The number of halogens is 2. The van der Waals surface area contributed by atoms with Crippen LogP contribution in [0.15, 0.2) is 18.2 Å². The predicted molar refractivity (Wildman–Crippen MR) is 42.0 cm³/mol. The summed E-state index contributed by atoms with van der Waals surface area (Å²) in [7, 11) is 0. The van der Waals surface area contributed by atoms with E-state index in [1.807, 2.05) is 0 Å². The fourth-order valence-electron chi connectivity index (χ4n) is 0.947. The SMILES string of the molecule is O=CCC(O)c1ccc(F)c(F)c1. The molecule has 0 aliphatic heterocycles. The number of rotatable bonds is 3. The molecule has 0 aliphatic rings. The van der Waals surface area contributed by atoms with E-state index in [9.17, 15) is 18.7 Å². The van der Waals surface area contributed by atoms with Crippen LogP contribution in [0.1, 0.15) is 18.1 Å². The molecule has 0 heterocycles. The highest BCUT2D eigenvalue weighted by Gasteiger charge is 2.09. The van der Waals surface area contributed by atoms with Crippen LogP contribution < -0.4 is 0 Å². The van der Waals surface area contributed by atoms with E-state index in [1.165, 1.54) is 6.07 Å². The van der Waals surface area contributed by atoms with E-state index >= 15 is 0 Å². The molecular formula is C9H8F2O2. The van der Waals surface area contributed by atoms with E-state index in [-0.39, 0.29) is 12.0 Å². The van der Waals surface area contributed by atoms with Crippen LogP contribution in [0.25, 0.3) is 0 Å². The summed E-state index contributed by atoms with van der Waals surface area (Å²) >= 11 is 0. The molecule has 0 amide bonds. The van der Waals surface area contributed by atoms with Gasteiger partial charge < -0.3 is 9.90 Å². The predicted octanol–water partition coefficient (Wildman–Crippen LogP) is 1.59. The van der Waals surface area contributed by atoms with Crippen LogP contribution in [0.3, 0.4) is 0 Å². The summed E-state index contributed by atoms with van der Waals surface area (Å²) in [6, 6.07) is 3.04. The number of carbonyl (C=O) groups excluding carboxylic acids is 1. The Morgan fingerprint density at radius 2 is 2.08 bits per heavy atom. The van der Waals surface area contributed by atoms with Gasteiger partial charge in [0, 0.05) is 6.42 Å². The fourth-order valence-corrected chi connectivity index (χ4v) is 0.947. The molecule has 2 nitrogen and oxygen atoms in total. The summed E-state index contributed by atoms with van der Waals surface area (Å²) in [5.74, 6) is -2.00. The standard InChI is InChI=1S/C9H8F2O2/c10-7-2-1-6(5-8(7)11)9(13)3-4-12/h1-2,4-5,9,13H,3H2. The largest absolute Gasteiger partial charge is 0.388 e. The van der Waals surface area contributed by atoms with E-state index in [2.05, 4.69) is 0 Å². The van der Waals surface area contributed by atoms with Gasteiger partial charge in [-0.2, -0.15) is 0 Å². The zero-order valence-electron chi connectivity index (χ0n) is 6.71. The van der Waals surface area contributed by atoms with Gasteiger partial charge in [0.2, 0.25) is 0 Å². The van der Waals surface area contributed by atoms with Crippen molar-refractivity contribution in [2.45, 2.75) is 12.5 Å². The highest BCUT2D eigenvalue weighted by Crippen LogP contribution is 2.17. The number of aliphatic hydroxyl groups is 1. The Kier molecular flexibility index (Phi) is 3.08. The Morgan fingerprint density at radius 1 is 1.38 bits per heavy atom. The van der Waals surface area contributed by atoms with Crippen molar-refractivity contribution in [3.8, 4) is 0 Å². The van der Waals surface area contributed by atoms with Gasteiger partial charge in [0.05, 0.1) is 6.10 Å². The van der Waals surface area contributed by atoms with Crippen LogP contribution in [0, 0.1) is 11.6 Å². The van der Waals surface area contributed by atoms with Gasteiger partial charge in [-0.3, -0.25) is 0 Å². The molecule has 1 atom stereocenters. The van der Waals surface area contributed by atoms with Gasteiger partial charge in [0.15, 0.2) is 11.6 Å². The molecule has 1 aromatic rings. The van der Waals surface area contributed by atoms with Crippen molar-refractivity contribution in [1.82, 2.24) is 0 Å². The Hall–Kier alpha value is -1.29. The van der Waals surface area contributed by atoms with Crippen LogP contribution in [-0.2, 0) is 4.79 Å². The lowest BCUT2D eigenvalue weighted by Crippen LogP contribution is -1.99. The van der Waals surface area contributed by atoms with Gasteiger partial charge in [-0.25, -0.2) is 8.78 Å². The molecular weight excluding hydrogens is 178 g/mol. The second-order valence-electron chi connectivity index (χ2n) is 2.59. The van der Waals surface area contributed by atoms with Crippen LogP contribution in [0.4, 0.5) is 8.78 Å². The van der Waals surface area contributed by atoms with E-state index in [0.29, 0.717) is 6.29 Å². The van der Waals surface area contributed by atoms with Crippen molar-refractivity contribution in [1.29, 1.82) is 0 Å². The average molecular weight is 186 g/mol. The summed E-state index contributed by atoms with van der Waals surface area (Å²) in [6.45, 7) is 0. The number of aldehydes is 1. The lowest BCUT2D eigenvalue weighted by atomic mass is 10.1. The molecule has 0 aliphatic carbocycles. The molecule has 0 fully saturated rings. The summed E-state index contributed by atoms with van der Waals surface area (Å²) in [4.78, 5) is 10.0. The number of hydrogen-bond acceptors (Lipinski definition) is 2. The Morgan fingerprint density at radius 3 is 2.62 bits per heavy atom. The number of aliphatic hydroxyl groups excluding tert-OH is 1. The van der Waals surface area contributed by atoms with Crippen molar-refractivity contribution >= 4 is 6.29 Å². The summed E-state index contributed by atoms with van der Waals surface area (Å²) in [5.41, 5.74) is 0.200. The maximum Gasteiger partial charge on any atom is 0.159 e. The van der Waals surface area contributed by atoms with Crippen LogP contribution >= 0.6 is 0 Å². The molecule has 0 aromatic heterocycles. The Bertz CT molecular complexity index is 312. The van der Waals surface area contributed by atoms with Gasteiger partial charge in [-0.05, 0) is 17.7 Å². The monoisotopic (exact) mass is 186 g/mol. The molecule has 70 valence electrons. The summed E-state index contributed by atoms with van der Waals surface area (Å²) < 4.78 is 25.0. The quantitative estimate of drug-likeness (QED) is 0.728. The lowest BCUT2D eigenvalue weighted by molar-refractivity contribution is -0.109. The van der Waals surface area contributed by atoms with E-state index in [0.717, 1.165) is 12.1 Å². The molecule has 0 spiro atoms. The molecule has 0 radical (unpaired) electrons. The zero-order valence-corrected chi connectivity index (χ0v) is 6.71. The molecule has 13 heavy (non-hydrogen) atoms. The molecule has 0 saturated heterocycles. The molecule has 1 N–H and O–H groups in total. The maximum atomic E-state index is 12.6. The Labute approximate surface area is 73.8 Å². The first-order valence-electron chi connectivity index (χ1n) is 3.72. The third-order valence-electron chi connectivity index (χ3n) is 1.65. The minimum absolute atomic E-state index is 0.120. The van der Waals surface area contributed by atoms with Crippen LogP contribution in [0.2, 0.25) is 0 Å². The minimum Gasteiger partial charge on any atom is -0.388 e. The number of benzene rings is 1. The second-order valence-corrected chi connectivity index (χ2v) is 2.59. The topological polar surface area (TPSA) is 37.3 Å². The van der Waals surface area contributed by atoms with E-state index in [1.54, 1.807) is 0 Å². The number of carbonyl (C=O) groups is 1. The van der Waals surface area contributed by atoms with E-state index in [4.69, 9.17) is 0 Å². The first-order chi connectivity index (χ1) is 6.15.